The van der Waals surface area contributed by atoms with Gasteiger partial charge in [-0.25, -0.2) is 13.4 Å². The van der Waals surface area contributed by atoms with E-state index in [1.165, 1.54) is 24.3 Å². The summed E-state index contributed by atoms with van der Waals surface area (Å²) in [6, 6.07) is 3.02. The number of hydrogen-bond acceptors (Lipinski definition) is 9. The van der Waals surface area contributed by atoms with Gasteiger partial charge in [-0.15, -0.1) is 27.5 Å². The third-order valence-electron chi connectivity index (χ3n) is 3.72. The molecule has 0 atom stereocenters. The largest absolute Gasteiger partial charge is 0.378 e. The van der Waals surface area contributed by atoms with Crippen LogP contribution in [0.2, 0.25) is 0 Å². The van der Waals surface area contributed by atoms with Gasteiger partial charge in [-0.1, -0.05) is 0 Å². The number of thiazole rings is 1. The number of carbonyl (C=O) groups excluding carboxylic acids is 2. The molecule has 0 bridgehead atoms. The zero-order valence-electron chi connectivity index (χ0n) is 14.9. The summed E-state index contributed by atoms with van der Waals surface area (Å²) in [5.74, 6) is -0.850. The number of nitrogens with one attached hydrogen (secondary N) is 3. The second-order valence-electron chi connectivity index (χ2n) is 5.80. The number of sulfonamides is 1. The molecule has 2 aromatic heterocycles. The molecule has 0 radical (unpaired) electrons. The normalized spacial score (nSPS) is 14.7. The van der Waals surface area contributed by atoms with E-state index in [4.69, 9.17) is 4.74 Å². The minimum absolute atomic E-state index is 0.0282. The maximum Gasteiger partial charge on any atom is 0.285 e. The summed E-state index contributed by atoms with van der Waals surface area (Å²) in [7, 11) is -3.92. The number of ether oxygens (including phenoxy) is 1. The Morgan fingerprint density at radius 2 is 2.04 bits per heavy atom. The molecule has 2 aromatic rings. The first-order valence-corrected chi connectivity index (χ1v) is 11.5. The third-order valence-corrected chi connectivity index (χ3v) is 7.44. The molecule has 10 nitrogen and oxygen atoms in total. The van der Waals surface area contributed by atoms with Gasteiger partial charge in [0, 0.05) is 30.3 Å². The number of nitrogens with zero attached hydrogens (tertiary/aromatic N) is 2. The van der Waals surface area contributed by atoms with E-state index in [1.807, 2.05) is 4.90 Å². The Balaban J connectivity index is 1.57. The highest BCUT2D eigenvalue weighted by Crippen LogP contribution is 2.22. The lowest BCUT2D eigenvalue weighted by molar-refractivity contribution is -0.119. The number of morpholine rings is 1. The van der Waals surface area contributed by atoms with E-state index >= 15 is 0 Å². The predicted octanol–water partition coefficient (Wildman–Crippen LogP) is 0.301. The fourth-order valence-electron chi connectivity index (χ4n) is 2.31. The molecule has 1 saturated heterocycles. The first kappa shape index (κ1) is 20.7. The molecule has 0 aromatic carbocycles. The molecule has 0 unspecified atom stereocenters. The van der Waals surface area contributed by atoms with Crippen LogP contribution < -0.4 is 20.5 Å². The monoisotopic (exact) mass is 445 g/mol. The first-order chi connectivity index (χ1) is 13.3. The van der Waals surface area contributed by atoms with E-state index in [0.29, 0.717) is 36.3 Å². The van der Waals surface area contributed by atoms with Crippen molar-refractivity contribution in [1.29, 1.82) is 0 Å². The number of thiophene rings is 1. The van der Waals surface area contributed by atoms with Crippen molar-refractivity contribution >= 4 is 49.6 Å². The number of rotatable bonds is 7. The standard InChI is InChI=1S/C15H19N5O5S3/c1-10(21)16-8-11-2-3-13(27-11)28(23,24)19-18-14(22)12-9-26-15(17-12)20-4-6-25-7-5-20/h2-3,9,19H,4-8H2,1H3,(H,16,21)(H,18,22). The molecule has 3 rings (SSSR count). The second kappa shape index (κ2) is 8.96. The summed E-state index contributed by atoms with van der Waals surface area (Å²) in [6.45, 7) is 4.22. The highest BCUT2D eigenvalue weighted by atomic mass is 32.2. The molecule has 0 saturated carbocycles. The van der Waals surface area contributed by atoms with Gasteiger partial charge in [-0.3, -0.25) is 15.0 Å². The molecule has 3 heterocycles. The van der Waals surface area contributed by atoms with Crippen LogP contribution in [0.1, 0.15) is 22.3 Å². The molecule has 13 heteroatoms. The molecular weight excluding hydrogens is 426 g/mol. The Kier molecular flexibility index (Phi) is 6.61. The molecule has 0 aliphatic carbocycles. The van der Waals surface area contributed by atoms with Crippen LogP contribution in [0.4, 0.5) is 5.13 Å². The Labute approximate surface area is 169 Å². The van der Waals surface area contributed by atoms with Crippen molar-refractivity contribution in [1.82, 2.24) is 20.6 Å². The number of hydrogen-bond donors (Lipinski definition) is 3. The van der Waals surface area contributed by atoms with Gasteiger partial charge in [0.1, 0.15) is 9.90 Å². The summed E-state index contributed by atoms with van der Waals surface area (Å²) in [6.07, 6.45) is 0. The lowest BCUT2D eigenvalue weighted by Gasteiger charge is -2.25. The Morgan fingerprint density at radius 1 is 1.29 bits per heavy atom. The van der Waals surface area contributed by atoms with Crippen LogP contribution in [-0.2, 0) is 26.1 Å². The lowest BCUT2D eigenvalue weighted by atomic mass is 10.4. The van der Waals surface area contributed by atoms with Gasteiger partial charge < -0.3 is 15.0 Å². The van der Waals surface area contributed by atoms with Crippen molar-refractivity contribution < 1.29 is 22.7 Å². The van der Waals surface area contributed by atoms with Crippen molar-refractivity contribution in [2.75, 3.05) is 31.2 Å². The van der Waals surface area contributed by atoms with E-state index in [0.717, 1.165) is 11.3 Å². The van der Waals surface area contributed by atoms with Crippen molar-refractivity contribution in [2.45, 2.75) is 17.7 Å². The molecule has 1 aliphatic heterocycles. The summed E-state index contributed by atoms with van der Waals surface area (Å²) in [5.41, 5.74) is 2.31. The third kappa shape index (κ3) is 5.26. The van der Waals surface area contributed by atoms with Crippen molar-refractivity contribution in [3.05, 3.63) is 28.1 Å². The van der Waals surface area contributed by atoms with Gasteiger partial charge >= 0.3 is 0 Å². The fraction of sp³-hybridized carbons (Fsp3) is 0.400. The molecular formula is C15H19N5O5S3. The van der Waals surface area contributed by atoms with Crippen LogP contribution in [0.25, 0.3) is 0 Å². The fourth-order valence-corrected chi connectivity index (χ4v) is 5.30. The number of aromatic nitrogens is 1. The second-order valence-corrected chi connectivity index (χ2v) is 9.72. The number of anilines is 1. The van der Waals surface area contributed by atoms with Crippen molar-refractivity contribution in [2.24, 2.45) is 0 Å². The first-order valence-electron chi connectivity index (χ1n) is 8.28. The Hall–Kier alpha value is -2.06. The zero-order chi connectivity index (χ0) is 20.1. The molecule has 0 spiro atoms. The van der Waals surface area contributed by atoms with Gasteiger partial charge in [0.15, 0.2) is 5.13 Å². The summed E-state index contributed by atoms with van der Waals surface area (Å²) in [4.78, 5) is 32.2. The minimum atomic E-state index is -3.92. The van der Waals surface area contributed by atoms with Crippen molar-refractivity contribution in [3.63, 3.8) is 0 Å². The minimum Gasteiger partial charge on any atom is -0.378 e. The van der Waals surface area contributed by atoms with E-state index in [9.17, 15) is 18.0 Å². The van der Waals surface area contributed by atoms with Crippen LogP contribution in [0.5, 0.6) is 0 Å². The molecule has 2 amide bonds. The van der Waals surface area contributed by atoms with E-state index < -0.39 is 15.9 Å². The quantitative estimate of drug-likeness (QED) is 0.523. The maximum atomic E-state index is 12.3. The van der Waals surface area contributed by atoms with Crippen LogP contribution in [0, 0.1) is 0 Å². The zero-order valence-corrected chi connectivity index (χ0v) is 17.4. The smallest absolute Gasteiger partial charge is 0.285 e. The van der Waals surface area contributed by atoms with Crippen LogP contribution in [0.3, 0.4) is 0 Å². The SMILES string of the molecule is CC(=O)NCc1ccc(S(=O)(=O)NNC(=O)c2csc(N3CCOCC3)n2)s1. The highest BCUT2D eigenvalue weighted by molar-refractivity contribution is 7.91. The van der Waals surface area contributed by atoms with E-state index in [1.54, 1.807) is 11.4 Å². The number of hydrazine groups is 1. The van der Waals surface area contributed by atoms with Crippen LogP contribution in [0.15, 0.2) is 21.7 Å². The molecule has 1 aliphatic rings. The summed E-state index contributed by atoms with van der Waals surface area (Å²) in [5, 5.41) is 4.86. The number of amides is 2. The average Bonchev–Trinajstić information content (AvgIpc) is 3.35. The van der Waals surface area contributed by atoms with Crippen LogP contribution in [-0.4, -0.2) is 51.5 Å². The van der Waals surface area contributed by atoms with Crippen LogP contribution >= 0.6 is 22.7 Å². The van der Waals surface area contributed by atoms with Gasteiger partial charge in [0.2, 0.25) is 5.91 Å². The predicted molar refractivity (Wildman–Crippen MR) is 105 cm³/mol. The molecule has 1 fully saturated rings. The van der Waals surface area contributed by atoms with Gasteiger partial charge in [0.25, 0.3) is 15.9 Å². The molecule has 3 N–H and O–H groups in total. The summed E-state index contributed by atoms with van der Waals surface area (Å²) >= 11 is 2.32. The Morgan fingerprint density at radius 3 is 2.75 bits per heavy atom. The van der Waals surface area contributed by atoms with E-state index in [-0.39, 0.29) is 22.4 Å². The van der Waals surface area contributed by atoms with Crippen molar-refractivity contribution in [3.8, 4) is 0 Å². The Bertz CT molecular complexity index is 949. The number of carbonyl (C=O) groups is 2. The van der Waals surface area contributed by atoms with Gasteiger partial charge in [-0.2, -0.15) is 0 Å². The lowest BCUT2D eigenvalue weighted by Crippen LogP contribution is -2.41. The average molecular weight is 446 g/mol. The van der Waals surface area contributed by atoms with Gasteiger partial charge in [0.05, 0.1) is 19.8 Å². The molecule has 28 heavy (non-hydrogen) atoms. The topological polar surface area (TPSA) is 130 Å². The summed E-state index contributed by atoms with van der Waals surface area (Å²) < 4.78 is 30.0. The van der Waals surface area contributed by atoms with E-state index in [2.05, 4.69) is 20.6 Å². The highest BCUT2D eigenvalue weighted by Gasteiger charge is 2.21. The molecule has 152 valence electrons. The van der Waals surface area contributed by atoms with Gasteiger partial charge in [-0.05, 0) is 12.1 Å². The maximum absolute atomic E-state index is 12.3.